The molecule has 0 bridgehead atoms. The fraction of sp³-hybridized carbons (Fsp3) is 0.0400. The van der Waals surface area contributed by atoms with Gasteiger partial charge in [0.05, 0.1) is 0 Å². The maximum Gasteiger partial charge on any atom is 0.129 e. The predicted octanol–water partition coefficient (Wildman–Crippen LogP) is 6.17. The minimum atomic E-state index is 0. The van der Waals surface area contributed by atoms with Crippen LogP contribution in [0.3, 0.4) is 0 Å². The zero-order valence-corrected chi connectivity index (χ0v) is 16.1. The molecule has 4 aromatic rings. The second-order valence-corrected chi connectivity index (χ2v) is 6.34. The van der Waals surface area contributed by atoms with Gasteiger partial charge in [-0.15, -0.1) is 0 Å². The molecule has 0 saturated heterocycles. The third kappa shape index (κ3) is 7.55. The van der Waals surface area contributed by atoms with Gasteiger partial charge in [0, 0.05) is 23.5 Å². The van der Waals surface area contributed by atoms with E-state index < -0.39 is 0 Å². The van der Waals surface area contributed by atoms with E-state index in [1.165, 1.54) is 0 Å². The van der Waals surface area contributed by atoms with Crippen molar-refractivity contribution in [2.24, 2.45) is 0 Å². The van der Waals surface area contributed by atoms with E-state index in [2.05, 4.69) is 0 Å². The molecule has 0 aliphatic rings. The number of phenolic OH excluding ortho intramolecular Hbond substituents is 2. The van der Waals surface area contributed by atoms with Gasteiger partial charge in [0.2, 0.25) is 0 Å². The summed E-state index contributed by atoms with van der Waals surface area (Å²) in [5.41, 5.74) is 12.5. The molecule has 0 aromatic heterocycles. The molecule has 6 nitrogen and oxygen atoms in total. The molecule has 6 N–H and O–H groups in total. The monoisotopic (exact) mass is 418 g/mol. The van der Waals surface area contributed by atoms with Crippen molar-refractivity contribution >= 4 is 11.4 Å². The predicted molar refractivity (Wildman–Crippen MR) is 125 cm³/mol. The molecule has 0 aliphatic heterocycles. The summed E-state index contributed by atoms with van der Waals surface area (Å²) in [7, 11) is 0. The zero-order valence-electron chi connectivity index (χ0n) is 16.1. The topological polar surface area (TPSA) is 111 Å². The van der Waals surface area contributed by atoms with Crippen molar-refractivity contribution < 1.29 is 19.7 Å². The molecule has 0 fully saturated rings. The highest BCUT2D eigenvalue weighted by molar-refractivity contribution is 5.46. The number of benzene rings is 4. The van der Waals surface area contributed by atoms with Gasteiger partial charge in [-0.2, -0.15) is 0 Å². The Labute approximate surface area is 181 Å². The molecule has 0 spiro atoms. The highest BCUT2D eigenvalue weighted by atomic mass is 16.5. The van der Waals surface area contributed by atoms with E-state index >= 15 is 0 Å². The van der Waals surface area contributed by atoms with E-state index in [0.29, 0.717) is 34.4 Å². The first kappa shape index (κ1) is 23.0. The van der Waals surface area contributed by atoms with Gasteiger partial charge in [-0.05, 0) is 72.8 Å². The Balaban J connectivity index is 0.000000213. The SMILES string of the molecule is C.Nc1cccc(Oc2ccc(O)cc2)c1.Nc1cccc(Oc2ccc(O)cc2)c1. The first-order valence-corrected chi connectivity index (χ1v) is 9.13. The Morgan fingerprint density at radius 2 is 0.839 bits per heavy atom. The van der Waals surface area contributed by atoms with Crippen LogP contribution in [0.5, 0.6) is 34.5 Å². The van der Waals surface area contributed by atoms with Crippen LogP contribution in [-0.4, -0.2) is 10.2 Å². The third-order valence-electron chi connectivity index (χ3n) is 3.86. The molecule has 0 unspecified atom stereocenters. The summed E-state index contributed by atoms with van der Waals surface area (Å²) in [4.78, 5) is 0. The average molecular weight is 418 g/mol. The fourth-order valence-corrected chi connectivity index (χ4v) is 2.46. The van der Waals surface area contributed by atoms with Gasteiger partial charge >= 0.3 is 0 Å². The summed E-state index contributed by atoms with van der Waals surface area (Å²) in [6.07, 6.45) is 0. The Morgan fingerprint density at radius 1 is 0.484 bits per heavy atom. The van der Waals surface area contributed by atoms with E-state index in [-0.39, 0.29) is 18.9 Å². The lowest BCUT2D eigenvalue weighted by atomic mass is 10.3. The summed E-state index contributed by atoms with van der Waals surface area (Å²) in [5, 5.41) is 18.2. The molecule has 0 saturated carbocycles. The standard InChI is InChI=1S/2C12H11NO2.CH4/c2*13-9-2-1-3-12(8-9)15-11-6-4-10(14)5-7-11;/h2*1-8,14H,13H2;1H4. The molecule has 4 rings (SSSR count). The van der Waals surface area contributed by atoms with Crippen LogP contribution in [0, 0.1) is 0 Å². The van der Waals surface area contributed by atoms with Crippen LogP contribution in [0.2, 0.25) is 0 Å². The van der Waals surface area contributed by atoms with Crippen molar-refractivity contribution in [2.45, 2.75) is 7.43 Å². The minimum absolute atomic E-state index is 0. The average Bonchev–Trinajstić information content (AvgIpc) is 2.72. The van der Waals surface area contributed by atoms with Crippen LogP contribution in [0.1, 0.15) is 7.43 Å². The summed E-state index contributed by atoms with van der Waals surface area (Å²) in [5.74, 6) is 3.13. The lowest BCUT2D eigenvalue weighted by molar-refractivity contribution is 0.464. The zero-order chi connectivity index (χ0) is 21.3. The molecular weight excluding hydrogens is 392 g/mol. The summed E-state index contributed by atoms with van der Waals surface area (Å²) in [6.45, 7) is 0. The van der Waals surface area contributed by atoms with Crippen LogP contribution >= 0.6 is 0 Å². The number of nitrogen functional groups attached to an aromatic ring is 2. The Kier molecular flexibility index (Phi) is 8.16. The first-order valence-electron chi connectivity index (χ1n) is 9.13. The number of hydrogen-bond acceptors (Lipinski definition) is 6. The van der Waals surface area contributed by atoms with Crippen LogP contribution in [0.15, 0.2) is 97.1 Å². The van der Waals surface area contributed by atoms with Crippen molar-refractivity contribution in [3.05, 3.63) is 97.1 Å². The summed E-state index contributed by atoms with van der Waals surface area (Å²) in [6, 6.07) is 27.4. The number of aromatic hydroxyl groups is 2. The number of anilines is 2. The molecule has 0 amide bonds. The van der Waals surface area contributed by atoms with Crippen LogP contribution in [0.25, 0.3) is 0 Å². The van der Waals surface area contributed by atoms with E-state index in [0.717, 1.165) is 0 Å². The molecular formula is C25H26N2O4. The number of rotatable bonds is 4. The van der Waals surface area contributed by atoms with Crippen molar-refractivity contribution in [2.75, 3.05) is 11.5 Å². The van der Waals surface area contributed by atoms with Gasteiger partial charge in [-0.3, -0.25) is 0 Å². The molecule has 31 heavy (non-hydrogen) atoms. The van der Waals surface area contributed by atoms with Crippen molar-refractivity contribution in [3.63, 3.8) is 0 Å². The maximum absolute atomic E-state index is 9.09. The van der Waals surface area contributed by atoms with E-state index in [1.807, 2.05) is 24.3 Å². The van der Waals surface area contributed by atoms with Gasteiger partial charge in [-0.25, -0.2) is 0 Å². The molecule has 0 radical (unpaired) electrons. The normalized spacial score (nSPS) is 9.55. The molecule has 4 aromatic carbocycles. The second-order valence-electron chi connectivity index (χ2n) is 6.34. The van der Waals surface area contributed by atoms with Crippen LogP contribution in [0.4, 0.5) is 11.4 Å². The van der Waals surface area contributed by atoms with Crippen LogP contribution in [-0.2, 0) is 0 Å². The largest absolute Gasteiger partial charge is 0.508 e. The van der Waals surface area contributed by atoms with Gasteiger partial charge in [0.15, 0.2) is 0 Å². The highest BCUT2D eigenvalue weighted by Gasteiger charge is 1.98. The Bertz CT molecular complexity index is 992. The number of nitrogens with two attached hydrogens (primary N) is 2. The van der Waals surface area contributed by atoms with Crippen molar-refractivity contribution in [3.8, 4) is 34.5 Å². The quantitative estimate of drug-likeness (QED) is 0.295. The number of ether oxygens (including phenoxy) is 2. The third-order valence-corrected chi connectivity index (χ3v) is 3.86. The van der Waals surface area contributed by atoms with Crippen molar-refractivity contribution in [1.82, 2.24) is 0 Å². The Hall–Kier alpha value is -4.32. The summed E-state index contributed by atoms with van der Waals surface area (Å²) >= 11 is 0. The Morgan fingerprint density at radius 3 is 1.16 bits per heavy atom. The maximum atomic E-state index is 9.09. The van der Waals surface area contributed by atoms with Crippen molar-refractivity contribution in [1.29, 1.82) is 0 Å². The van der Waals surface area contributed by atoms with Gasteiger partial charge in [-0.1, -0.05) is 19.6 Å². The molecule has 6 heteroatoms. The molecule has 0 atom stereocenters. The van der Waals surface area contributed by atoms with Crippen LogP contribution < -0.4 is 20.9 Å². The molecule has 0 heterocycles. The van der Waals surface area contributed by atoms with Gasteiger partial charge in [0.25, 0.3) is 0 Å². The molecule has 0 aliphatic carbocycles. The minimum Gasteiger partial charge on any atom is -0.508 e. The van der Waals surface area contributed by atoms with Gasteiger partial charge < -0.3 is 31.2 Å². The lowest BCUT2D eigenvalue weighted by Crippen LogP contribution is -1.87. The number of phenols is 2. The van der Waals surface area contributed by atoms with Gasteiger partial charge in [0.1, 0.15) is 34.5 Å². The van der Waals surface area contributed by atoms with E-state index in [1.54, 1.807) is 72.8 Å². The molecule has 160 valence electrons. The first-order chi connectivity index (χ1) is 14.5. The smallest absolute Gasteiger partial charge is 0.129 e. The van der Waals surface area contributed by atoms with E-state index in [4.69, 9.17) is 31.2 Å². The summed E-state index contributed by atoms with van der Waals surface area (Å²) < 4.78 is 11.0. The lowest BCUT2D eigenvalue weighted by Gasteiger charge is -2.05. The fourth-order valence-electron chi connectivity index (χ4n) is 2.46. The second kappa shape index (κ2) is 11.0. The highest BCUT2D eigenvalue weighted by Crippen LogP contribution is 2.25. The number of hydrogen-bond donors (Lipinski definition) is 4. The van der Waals surface area contributed by atoms with E-state index in [9.17, 15) is 0 Å².